The molecule has 3 rings (SSSR count). The normalized spacial score (nSPS) is 12.6. The second-order valence-corrected chi connectivity index (χ2v) is 5.91. The SMILES string of the molecule is Cc1cccc(C)c1C(C)Oc1cccn2c(C)c(C)nc12. The molecule has 0 amide bonds. The average Bonchev–Trinajstić information content (AvgIpc) is 2.76. The molecule has 3 nitrogen and oxygen atoms in total. The molecule has 1 atom stereocenters. The van der Waals surface area contributed by atoms with E-state index in [1.807, 2.05) is 25.3 Å². The van der Waals surface area contributed by atoms with Gasteiger partial charge in [0.15, 0.2) is 11.4 Å². The quantitative estimate of drug-likeness (QED) is 0.699. The molecule has 0 radical (unpaired) electrons. The molecule has 3 aromatic rings. The molecule has 0 N–H and O–H groups in total. The zero-order valence-electron chi connectivity index (χ0n) is 13.8. The predicted octanol–water partition coefficient (Wildman–Crippen LogP) is 4.71. The monoisotopic (exact) mass is 294 g/mol. The first-order valence-electron chi connectivity index (χ1n) is 7.66. The van der Waals surface area contributed by atoms with Crippen molar-refractivity contribution in [1.29, 1.82) is 0 Å². The second kappa shape index (κ2) is 5.48. The number of rotatable bonds is 3. The molecule has 0 aliphatic rings. The smallest absolute Gasteiger partial charge is 0.180 e. The molecule has 0 saturated heterocycles. The van der Waals surface area contributed by atoms with Gasteiger partial charge in [0.05, 0.1) is 5.69 Å². The molecule has 1 unspecified atom stereocenters. The fraction of sp³-hybridized carbons (Fsp3) is 0.316. The Morgan fingerprint density at radius 1 is 1.00 bits per heavy atom. The number of hydrogen-bond donors (Lipinski definition) is 0. The first kappa shape index (κ1) is 14.6. The summed E-state index contributed by atoms with van der Waals surface area (Å²) in [6.07, 6.45) is 2.02. The molecule has 22 heavy (non-hydrogen) atoms. The molecule has 0 saturated carbocycles. The summed E-state index contributed by atoms with van der Waals surface area (Å²) in [6, 6.07) is 10.3. The van der Waals surface area contributed by atoms with E-state index in [0.717, 1.165) is 22.8 Å². The minimum atomic E-state index is -0.00953. The van der Waals surface area contributed by atoms with Gasteiger partial charge >= 0.3 is 0 Å². The van der Waals surface area contributed by atoms with Crippen LogP contribution in [-0.2, 0) is 0 Å². The summed E-state index contributed by atoms with van der Waals surface area (Å²) in [5.41, 5.74) is 6.85. The van der Waals surface area contributed by atoms with E-state index < -0.39 is 0 Å². The summed E-state index contributed by atoms with van der Waals surface area (Å²) in [5, 5.41) is 0. The maximum atomic E-state index is 6.26. The fourth-order valence-corrected chi connectivity index (χ4v) is 3.08. The molecule has 0 spiro atoms. The van der Waals surface area contributed by atoms with E-state index in [0.29, 0.717) is 0 Å². The Morgan fingerprint density at radius 3 is 2.36 bits per heavy atom. The second-order valence-electron chi connectivity index (χ2n) is 5.91. The lowest BCUT2D eigenvalue weighted by Crippen LogP contribution is -2.08. The van der Waals surface area contributed by atoms with Crippen molar-refractivity contribution in [3.05, 3.63) is 64.6 Å². The van der Waals surface area contributed by atoms with Gasteiger partial charge in [-0.15, -0.1) is 0 Å². The van der Waals surface area contributed by atoms with Gasteiger partial charge in [0.1, 0.15) is 6.10 Å². The van der Waals surface area contributed by atoms with Gasteiger partial charge < -0.3 is 9.14 Å². The third-order valence-corrected chi connectivity index (χ3v) is 4.34. The van der Waals surface area contributed by atoms with Crippen molar-refractivity contribution in [3.8, 4) is 5.75 Å². The van der Waals surface area contributed by atoms with Gasteiger partial charge in [0, 0.05) is 11.9 Å². The lowest BCUT2D eigenvalue weighted by Gasteiger charge is -2.19. The first-order chi connectivity index (χ1) is 10.5. The van der Waals surface area contributed by atoms with Gasteiger partial charge in [0.25, 0.3) is 0 Å². The highest BCUT2D eigenvalue weighted by Crippen LogP contribution is 2.29. The standard InChI is InChI=1S/C19H22N2O/c1-12-8-6-9-13(2)18(12)16(5)22-17-10-7-11-21-15(4)14(3)20-19(17)21/h6-11,16H,1-5H3. The van der Waals surface area contributed by atoms with E-state index in [2.05, 4.69) is 55.3 Å². The number of benzene rings is 1. The third kappa shape index (κ3) is 2.37. The highest BCUT2D eigenvalue weighted by Gasteiger charge is 2.16. The summed E-state index contributed by atoms with van der Waals surface area (Å²) >= 11 is 0. The molecular formula is C19H22N2O. The summed E-state index contributed by atoms with van der Waals surface area (Å²) in [4.78, 5) is 4.64. The van der Waals surface area contributed by atoms with Gasteiger partial charge in [-0.1, -0.05) is 18.2 Å². The van der Waals surface area contributed by atoms with Gasteiger partial charge in [-0.25, -0.2) is 4.98 Å². The zero-order valence-corrected chi connectivity index (χ0v) is 13.8. The van der Waals surface area contributed by atoms with E-state index >= 15 is 0 Å². The van der Waals surface area contributed by atoms with Crippen molar-refractivity contribution in [2.45, 2.75) is 40.7 Å². The highest BCUT2D eigenvalue weighted by molar-refractivity contribution is 5.56. The summed E-state index contributed by atoms with van der Waals surface area (Å²) in [5.74, 6) is 0.828. The van der Waals surface area contributed by atoms with Crippen LogP contribution in [0.4, 0.5) is 0 Å². The van der Waals surface area contributed by atoms with Crippen LogP contribution >= 0.6 is 0 Å². The minimum Gasteiger partial charge on any atom is -0.482 e. The van der Waals surface area contributed by atoms with Crippen molar-refractivity contribution in [2.75, 3.05) is 0 Å². The molecule has 1 aromatic carbocycles. The Bertz CT molecular complexity index is 813. The van der Waals surface area contributed by atoms with Crippen LogP contribution < -0.4 is 4.74 Å². The van der Waals surface area contributed by atoms with Crippen LogP contribution in [0.15, 0.2) is 36.5 Å². The predicted molar refractivity (Wildman–Crippen MR) is 89.6 cm³/mol. The molecular weight excluding hydrogens is 272 g/mol. The van der Waals surface area contributed by atoms with Crippen LogP contribution in [0.25, 0.3) is 5.65 Å². The van der Waals surface area contributed by atoms with Gasteiger partial charge in [-0.05, 0) is 63.4 Å². The minimum absolute atomic E-state index is 0.00953. The van der Waals surface area contributed by atoms with E-state index in [-0.39, 0.29) is 6.10 Å². The Hall–Kier alpha value is -2.29. The highest BCUT2D eigenvalue weighted by atomic mass is 16.5. The topological polar surface area (TPSA) is 26.5 Å². The number of aryl methyl sites for hydroxylation is 4. The van der Waals surface area contributed by atoms with E-state index in [9.17, 15) is 0 Å². The fourth-order valence-electron chi connectivity index (χ4n) is 3.08. The third-order valence-electron chi connectivity index (χ3n) is 4.34. The Morgan fingerprint density at radius 2 is 1.68 bits per heavy atom. The van der Waals surface area contributed by atoms with Crippen LogP contribution in [0.5, 0.6) is 5.75 Å². The van der Waals surface area contributed by atoms with Crippen molar-refractivity contribution < 1.29 is 4.74 Å². The molecule has 0 aliphatic heterocycles. The molecule has 3 heteroatoms. The van der Waals surface area contributed by atoms with Gasteiger partial charge in [-0.3, -0.25) is 0 Å². The van der Waals surface area contributed by atoms with Gasteiger partial charge in [-0.2, -0.15) is 0 Å². The maximum absolute atomic E-state index is 6.26. The average molecular weight is 294 g/mol. The number of nitrogens with zero attached hydrogens (tertiary/aromatic N) is 2. The summed E-state index contributed by atoms with van der Waals surface area (Å²) in [7, 11) is 0. The molecule has 2 heterocycles. The van der Waals surface area contributed by atoms with Crippen LogP contribution in [0.1, 0.15) is 41.1 Å². The van der Waals surface area contributed by atoms with E-state index in [1.54, 1.807) is 0 Å². The first-order valence-corrected chi connectivity index (χ1v) is 7.66. The van der Waals surface area contributed by atoms with Crippen LogP contribution in [0.3, 0.4) is 0 Å². The van der Waals surface area contributed by atoms with Crippen LogP contribution in [0.2, 0.25) is 0 Å². The number of hydrogen-bond acceptors (Lipinski definition) is 2. The molecule has 0 aliphatic carbocycles. The number of imidazole rings is 1. The Balaban J connectivity index is 2.01. The maximum Gasteiger partial charge on any atom is 0.180 e. The van der Waals surface area contributed by atoms with Crippen molar-refractivity contribution >= 4 is 5.65 Å². The van der Waals surface area contributed by atoms with Gasteiger partial charge in [0.2, 0.25) is 0 Å². The van der Waals surface area contributed by atoms with E-state index in [1.165, 1.54) is 16.7 Å². The van der Waals surface area contributed by atoms with Crippen molar-refractivity contribution in [2.24, 2.45) is 0 Å². The lowest BCUT2D eigenvalue weighted by atomic mass is 9.99. The molecule has 0 bridgehead atoms. The molecule has 114 valence electrons. The Kier molecular flexibility index (Phi) is 3.65. The number of aromatic nitrogens is 2. The summed E-state index contributed by atoms with van der Waals surface area (Å²) in [6.45, 7) is 10.5. The lowest BCUT2D eigenvalue weighted by molar-refractivity contribution is 0.227. The number of ether oxygens (including phenoxy) is 1. The molecule has 2 aromatic heterocycles. The summed E-state index contributed by atoms with van der Waals surface area (Å²) < 4.78 is 8.35. The van der Waals surface area contributed by atoms with Crippen LogP contribution in [0, 0.1) is 27.7 Å². The Labute approximate surface area is 131 Å². The van der Waals surface area contributed by atoms with Crippen molar-refractivity contribution in [3.63, 3.8) is 0 Å². The largest absolute Gasteiger partial charge is 0.482 e. The van der Waals surface area contributed by atoms with Crippen LogP contribution in [-0.4, -0.2) is 9.38 Å². The zero-order chi connectivity index (χ0) is 15.9. The van der Waals surface area contributed by atoms with E-state index in [4.69, 9.17) is 4.74 Å². The molecule has 0 fully saturated rings. The number of pyridine rings is 1. The number of fused-ring (bicyclic) bond motifs is 1. The van der Waals surface area contributed by atoms with Crippen molar-refractivity contribution in [1.82, 2.24) is 9.38 Å².